The van der Waals surface area contributed by atoms with Gasteiger partial charge in [0.1, 0.15) is 10.8 Å². The highest BCUT2D eigenvalue weighted by Crippen LogP contribution is 2.36. The summed E-state index contributed by atoms with van der Waals surface area (Å²) in [4.78, 5) is 17.6. The smallest absolute Gasteiger partial charge is 0.259 e. The summed E-state index contributed by atoms with van der Waals surface area (Å²) in [5.74, 6) is 0.112. The van der Waals surface area contributed by atoms with Gasteiger partial charge < -0.3 is 10.1 Å². The first-order valence-corrected chi connectivity index (χ1v) is 9.93. The maximum absolute atomic E-state index is 12.9. The summed E-state index contributed by atoms with van der Waals surface area (Å²) in [5.41, 5.74) is 2.61. The van der Waals surface area contributed by atoms with Gasteiger partial charge in [0, 0.05) is 15.6 Å². The van der Waals surface area contributed by atoms with Crippen LogP contribution in [0.25, 0.3) is 20.8 Å². The van der Waals surface area contributed by atoms with Gasteiger partial charge >= 0.3 is 0 Å². The molecule has 7 heteroatoms. The number of methoxy groups -OCH3 is 1. The van der Waals surface area contributed by atoms with Crippen LogP contribution < -0.4 is 10.1 Å². The number of halogens is 2. The Morgan fingerprint density at radius 2 is 1.79 bits per heavy atom. The Morgan fingerprint density at radius 3 is 2.57 bits per heavy atom. The molecular weight excluding hydrogens is 415 g/mol. The monoisotopic (exact) mass is 428 g/mol. The van der Waals surface area contributed by atoms with E-state index in [1.165, 1.54) is 18.4 Å². The fraction of sp³-hybridized carbons (Fsp3) is 0.0476. The van der Waals surface area contributed by atoms with Gasteiger partial charge in [-0.05, 0) is 48.5 Å². The van der Waals surface area contributed by atoms with Gasteiger partial charge in [-0.25, -0.2) is 4.98 Å². The number of amides is 1. The second kappa shape index (κ2) is 7.80. The normalized spacial score (nSPS) is 10.8. The SMILES string of the molecule is COc1ccc(Cl)cc1C(=O)Nc1ccc(Cl)cc1-c1nc2ccccc2s1. The second-order valence-corrected chi connectivity index (χ2v) is 7.88. The van der Waals surface area contributed by atoms with Crippen LogP contribution in [-0.2, 0) is 0 Å². The third-order valence-corrected chi connectivity index (χ3v) is 5.70. The Hall–Kier alpha value is -2.60. The highest BCUT2D eigenvalue weighted by molar-refractivity contribution is 7.21. The predicted octanol–water partition coefficient (Wildman–Crippen LogP) is 6.53. The zero-order valence-electron chi connectivity index (χ0n) is 14.7. The Labute approximate surface area is 175 Å². The summed E-state index contributed by atoms with van der Waals surface area (Å²) >= 11 is 13.8. The van der Waals surface area contributed by atoms with Crippen molar-refractivity contribution in [2.75, 3.05) is 12.4 Å². The lowest BCUT2D eigenvalue weighted by molar-refractivity contribution is 0.102. The predicted molar refractivity (Wildman–Crippen MR) is 116 cm³/mol. The van der Waals surface area contributed by atoms with Crippen LogP contribution in [0.3, 0.4) is 0 Å². The van der Waals surface area contributed by atoms with Crippen molar-refractivity contribution in [1.29, 1.82) is 0 Å². The van der Waals surface area contributed by atoms with Gasteiger partial charge in [0.2, 0.25) is 0 Å². The van der Waals surface area contributed by atoms with Crippen LogP contribution in [0, 0.1) is 0 Å². The summed E-state index contributed by atoms with van der Waals surface area (Å²) in [7, 11) is 1.51. The zero-order chi connectivity index (χ0) is 19.7. The molecule has 0 aliphatic heterocycles. The number of hydrogen-bond donors (Lipinski definition) is 1. The van der Waals surface area contributed by atoms with E-state index in [0.717, 1.165) is 20.8 Å². The van der Waals surface area contributed by atoms with Gasteiger partial charge in [-0.2, -0.15) is 0 Å². The first kappa shape index (κ1) is 18.7. The lowest BCUT2D eigenvalue weighted by atomic mass is 10.1. The average Bonchev–Trinajstić information content (AvgIpc) is 3.13. The molecule has 0 spiro atoms. The first-order valence-electron chi connectivity index (χ1n) is 8.35. The Balaban J connectivity index is 1.75. The second-order valence-electron chi connectivity index (χ2n) is 5.98. The van der Waals surface area contributed by atoms with E-state index in [2.05, 4.69) is 10.3 Å². The van der Waals surface area contributed by atoms with Crippen molar-refractivity contribution in [3.63, 3.8) is 0 Å². The van der Waals surface area contributed by atoms with Crippen LogP contribution >= 0.6 is 34.5 Å². The number of rotatable bonds is 4. The quantitative estimate of drug-likeness (QED) is 0.401. The molecule has 0 aliphatic carbocycles. The molecule has 4 aromatic rings. The zero-order valence-corrected chi connectivity index (χ0v) is 17.0. The molecular formula is C21H14Cl2N2O2S. The minimum atomic E-state index is -0.330. The van der Waals surface area contributed by atoms with Crippen molar-refractivity contribution >= 4 is 56.3 Å². The van der Waals surface area contributed by atoms with Crippen LogP contribution in [0.4, 0.5) is 5.69 Å². The van der Waals surface area contributed by atoms with Crippen molar-refractivity contribution in [3.8, 4) is 16.3 Å². The van der Waals surface area contributed by atoms with E-state index >= 15 is 0 Å². The molecule has 1 heterocycles. The summed E-state index contributed by atoms with van der Waals surface area (Å²) in [6.07, 6.45) is 0. The van der Waals surface area contributed by atoms with E-state index in [1.807, 2.05) is 24.3 Å². The highest BCUT2D eigenvalue weighted by atomic mass is 35.5. The maximum atomic E-state index is 12.9. The number of para-hydroxylation sites is 1. The Morgan fingerprint density at radius 1 is 1.04 bits per heavy atom. The molecule has 0 atom stereocenters. The third kappa shape index (κ3) is 3.69. The van der Waals surface area contributed by atoms with E-state index in [4.69, 9.17) is 27.9 Å². The number of carbonyl (C=O) groups excluding carboxylic acids is 1. The average molecular weight is 429 g/mol. The van der Waals surface area contributed by atoms with E-state index < -0.39 is 0 Å². The van der Waals surface area contributed by atoms with Crippen LogP contribution in [0.2, 0.25) is 10.0 Å². The summed E-state index contributed by atoms with van der Waals surface area (Å²) in [6, 6.07) is 18.1. The van der Waals surface area contributed by atoms with Gasteiger partial charge in [-0.3, -0.25) is 4.79 Å². The van der Waals surface area contributed by atoms with Crippen LogP contribution in [-0.4, -0.2) is 18.0 Å². The molecule has 140 valence electrons. The van der Waals surface area contributed by atoms with Gasteiger partial charge in [0.05, 0.1) is 28.6 Å². The maximum Gasteiger partial charge on any atom is 0.259 e. The molecule has 1 amide bonds. The van der Waals surface area contributed by atoms with Crippen molar-refractivity contribution in [2.45, 2.75) is 0 Å². The molecule has 0 radical (unpaired) electrons. The topological polar surface area (TPSA) is 51.2 Å². The molecule has 0 aliphatic rings. The van der Waals surface area contributed by atoms with Crippen LogP contribution in [0.5, 0.6) is 5.75 Å². The summed E-state index contributed by atoms with van der Waals surface area (Å²) < 4.78 is 6.34. The van der Waals surface area contributed by atoms with Crippen LogP contribution in [0.15, 0.2) is 60.7 Å². The molecule has 0 bridgehead atoms. The lowest BCUT2D eigenvalue weighted by Crippen LogP contribution is -2.14. The number of nitrogens with one attached hydrogen (secondary N) is 1. The van der Waals surface area contributed by atoms with Crippen molar-refractivity contribution in [2.24, 2.45) is 0 Å². The minimum Gasteiger partial charge on any atom is -0.496 e. The molecule has 1 aromatic heterocycles. The number of hydrogen-bond acceptors (Lipinski definition) is 4. The van der Waals surface area contributed by atoms with Crippen molar-refractivity contribution in [1.82, 2.24) is 4.98 Å². The number of thiazole rings is 1. The number of nitrogens with zero attached hydrogens (tertiary/aromatic N) is 1. The summed E-state index contributed by atoms with van der Waals surface area (Å²) in [5, 5.41) is 4.72. The van der Waals surface area contributed by atoms with E-state index in [1.54, 1.807) is 36.4 Å². The Kier molecular flexibility index (Phi) is 5.22. The minimum absolute atomic E-state index is 0.330. The molecule has 28 heavy (non-hydrogen) atoms. The lowest BCUT2D eigenvalue weighted by Gasteiger charge is -2.12. The molecule has 1 N–H and O–H groups in total. The number of anilines is 1. The largest absolute Gasteiger partial charge is 0.496 e. The molecule has 3 aromatic carbocycles. The Bertz CT molecular complexity index is 1160. The van der Waals surface area contributed by atoms with Gasteiger partial charge in [-0.15, -0.1) is 11.3 Å². The standard InChI is InChI=1S/C21H14Cl2N2O2S/c1-27-18-9-7-13(23)11-15(18)20(26)24-16-8-6-12(22)10-14(16)21-25-17-4-2-3-5-19(17)28-21/h2-11H,1H3,(H,24,26). The number of ether oxygens (including phenoxy) is 1. The number of aromatic nitrogens is 1. The van der Waals surface area contributed by atoms with Crippen molar-refractivity contribution in [3.05, 3.63) is 76.3 Å². The molecule has 0 saturated carbocycles. The van der Waals surface area contributed by atoms with Crippen molar-refractivity contribution < 1.29 is 9.53 Å². The highest BCUT2D eigenvalue weighted by Gasteiger charge is 2.17. The van der Waals surface area contributed by atoms with Gasteiger partial charge in [-0.1, -0.05) is 35.3 Å². The van der Waals surface area contributed by atoms with Gasteiger partial charge in [0.15, 0.2) is 0 Å². The number of fused-ring (bicyclic) bond motifs is 1. The first-order chi connectivity index (χ1) is 13.5. The molecule has 0 saturated heterocycles. The number of carbonyl (C=O) groups is 1. The fourth-order valence-corrected chi connectivity index (χ4v) is 4.18. The molecule has 4 rings (SSSR count). The van der Waals surface area contributed by atoms with Gasteiger partial charge in [0.25, 0.3) is 5.91 Å². The molecule has 0 unspecified atom stereocenters. The molecule has 0 fully saturated rings. The third-order valence-electron chi connectivity index (χ3n) is 4.16. The summed E-state index contributed by atoms with van der Waals surface area (Å²) in [6.45, 7) is 0. The van der Waals surface area contributed by atoms with Crippen LogP contribution in [0.1, 0.15) is 10.4 Å². The molecule has 4 nitrogen and oxygen atoms in total. The van der Waals surface area contributed by atoms with E-state index in [-0.39, 0.29) is 5.91 Å². The van der Waals surface area contributed by atoms with E-state index in [9.17, 15) is 4.79 Å². The van der Waals surface area contributed by atoms with E-state index in [0.29, 0.717) is 27.0 Å². The number of benzene rings is 3. The fourth-order valence-electron chi connectivity index (χ4n) is 2.84.